The summed E-state index contributed by atoms with van der Waals surface area (Å²) >= 11 is 0. The Hall–Kier alpha value is -9.30. The first-order valence-electron chi connectivity index (χ1n) is 29.3. The highest BCUT2D eigenvalue weighted by Crippen LogP contribution is 2.40. The van der Waals surface area contributed by atoms with Crippen LogP contribution in [0.15, 0.2) is 291 Å². The molecule has 0 aliphatic rings. The zero-order valence-corrected chi connectivity index (χ0v) is 49.2. The van der Waals surface area contributed by atoms with Crippen LogP contribution in [0.25, 0.3) is 99.8 Å². The predicted octanol–water partition coefficient (Wildman–Crippen LogP) is 23.5. The average molecular weight is 1060 g/mol. The van der Waals surface area contributed by atoms with Gasteiger partial charge in [-0.2, -0.15) is 0 Å². The lowest BCUT2D eigenvalue weighted by molar-refractivity contribution is 0.867. The molecule has 1 aromatic heterocycles. The summed E-state index contributed by atoms with van der Waals surface area (Å²) in [5, 5.41) is 2.56. The van der Waals surface area contributed by atoms with Gasteiger partial charge in [0, 0.05) is 16.5 Å². The first-order chi connectivity index (χ1) is 40.3. The number of hydrogen-bond acceptors (Lipinski definition) is 0. The van der Waals surface area contributed by atoms with E-state index in [4.69, 9.17) is 0 Å². The third-order valence-electron chi connectivity index (χ3n) is 15.4. The molecule has 0 unspecified atom stereocenters. The molecule has 406 valence electrons. The SMILES string of the molecule is C/C(=C\CCc1ccccc1-c1ccc2c3ccccc3n(-c3ccc(-c4ccccc4)cc3)c2c1C)c1ccc(-c2cccc(-c3cccc(-c4ccc(-c5ccccc5)cc4)c3)c2)cc1.C/C=C/C.CC.CC(C)c1ccccc1. The standard InChI is InChI=1S/C66H51N.C9H12.C4H8.C2H6/c1-46(48-30-32-53(33-31-48)56-23-14-25-58(44-56)59-26-15-24-57(45-59)54-36-34-51(35-37-54)49-17-5-3-6-18-49)16-13-22-55-21-9-10-27-62(55)61-42-43-64-63-28-11-12-29-65(63)67(66(64)47(61)2)60-40-38-52(39-41-60)50-19-7-4-8-20-50;1-8(2)9-6-4-3-5-7-9;1-3-4-2;1-2/h3-12,14-21,23-45H,13,22H2,1-2H3;3-8H,1-2H3;3-4H,1-2H3;1-2H3/b46-16+;;4-3+;. The molecule has 82 heavy (non-hydrogen) atoms. The lowest BCUT2D eigenvalue weighted by Crippen LogP contribution is -1.98. The van der Waals surface area contributed by atoms with Crippen molar-refractivity contribution in [2.24, 2.45) is 0 Å². The molecule has 12 aromatic rings. The summed E-state index contributed by atoms with van der Waals surface area (Å²) in [6, 6.07) is 98.9. The van der Waals surface area contributed by atoms with Crippen LogP contribution < -0.4 is 0 Å². The molecule has 0 fully saturated rings. The minimum atomic E-state index is 0.659. The Morgan fingerprint density at radius 1 is 0.402 bits per heavy atom. The monoisotopic (exact) mass is 1060 g/mol. The molecule has 12 rings (SSSR count). The van der Waals surface area contributed by atoms with Crippen LogP contribution in [-0.2, 0) is 6.42 Å². The van der Waals surface area contributed by atoms with Crippen LogP contribution >= 0.6 is 0 Å². The summed E-state index contributed by atoms with van der Waals surface area (Å²) in [4.78, 5) is 0. The van der Waals surface area contributed by atoms with E-state index in [9.17, 15) is 0 Å². The van der Waals surface area contributed by atoms with Crippen molar-refractivity contribution >= 4 is 27.4 Å². The zero-order valence-electron chi connectivity index (χ0n) is 49.2. The quantitative estimate of drug-likeness (QED) is 0.107. The number of nitrogens with zero attached hydrogens (tertiary/aromatic N) is 1. The Morgan fingerprint density at radius 2 is 0.829 bits per heavy atom. The van der Waals surface area contributed by atoms with Gasteiger partial charge in [-0.1, -0.05) is 289 Å². The molecule has 0 bridgehead atoms. The molecule has 0 radical (unpaired) electrons. The van der Waals surface area contributed by atoms with E-state index < -0.39 is 0 Å². The molecule has 0 spiro atoms. The molecular weight excluding hydrogens is 987 g/mol. The van der Waals surface area contributed by atoms with Crippen LogP contribution in [-0.4, -0.2) is 4.57 Å². The number of benzene rings is 11. The van der Waals surface area contributed by atoms with Crippen molar-refractivity contribution in [1.29, 1.82) is 0 Å². The van der Waals surface area contributed by atoms with Gasteiger partial charge in [0.15, 0.2) is 0 Å². The maximum Gasteiger partial charge on any atom is 0.0576 e. The van der Waals surface area contributed by atoms with Crippen LogP contribution in [0.5, 0.6) is 0 Å². The first-order valence-corrected chi connectivity index (χ1v) is 29.3. The molecule has 0 N–H and O–H groups in total. The summed E-state index contributed by atoms with van der Waals surface area (Å²) < 4.78 is 2.46. The van der Waals surface area contributed by atoms with Gasteiger partial charge in [-0.05, 0) is 171 Å². The summed E-state index contributed by atoms with van der Waals surface area (Å²) in [6.45, 7) is 17.0. The van der Waals surface area contributed by atoms with Crippen LogP contribution in [0, 0.1) is 6.92 Å². The first kappa shape index (κ1) is 57.4. The lowest BCUT2D eigenvalue weighted by atomic mass is 9.92. The Morgan fingerprint density at radius 3 is 1.35 bits per heavy atom. The molecular formula is C81H77N. The Kier molecular flexibility index (Phi) is 19.7. The maximum absolute atomic E-state index is 2.46. The molecule has 0 atom stereocenters. The van der Waals surface area contributed by atoms with E-state index in [2.05, 4.69) is 305 Å². The number of para-hydroxylation sites is 1. The summed E-state index contributed by atoms with van der Waals surface area (Å²) in [6.07, 6.45) is 8.32. The zero-order chi connectivity index (χ0) is 57.2. The van der Waals surface area contributed by atoms with Gasteiger partial charge in [0.25, 0.3) is 0 Å². The van der Waals surface area contributed by atoms with Gasteiger partial charge in [0.1, 0.15) is 0 Å². The predicted molar refractivity (Wildman–Crippen MR) is 359 cm³/mol. The summed E-state index contributed by atoms with van der Waals surface area (Å²) in [5.74, 6) is 0.659. The van der Waals surface area contributed by atoms with Crippen molar-refractivity contribution in [3.05, 3.63) is 313 Å². The van der Waals surface area contributed by atoms with Crippen molar-refractivity contribution in [1.82, 2.24) is 4.57 Å². The van der Waals surface area contributed by atoms with Gasteiger partial charge in [0.05, 0.1) is 11.0 Å². The number of allylic oxidation sites excluding steroid dienone is 4. The average Bonchev–Trinajstić information content (AvgIpc) is 4.04. The van der Waals surface area contributed by atoms with Gasteiger partial charge in [-0.25, -0.2) is 0 Å². The topological polar surface area (TPSA) is 4.93 Å². The summed E-state index contributed by atoms with van der Waals surface area (Å²) in [5.41, 5.74) is 25.1. The molecule has 1 nitrogen and oxygen atoms in total. The highest BCUT2D eigenvalue weighted by molar-refractivity contribution is 6.11. The van der Waals surface area contributed by atoms with Crippen LogP contribution in [0.4, 0.5) is 0 Å². The number of aryl methyl sites for hydroxylation is 2. The largest absolute Gasteiger partial charge is 0.309 e. The molecule has 0 saturated heterocycles. The Labute approximate surface area is 489 Å². The molecule has 0 aliphatic carbocycles. The van der Waals surface area contributed by atoms with E-state index in [1.54, 1.807) is 0 Å². The van der Waals surface area contributed by atoms with Gasteiger partial charge >= 0.3 is 0 Å². The van der Waals surface area contributed by atoms with Crippen molar-refractivity contribution < 1.29 is 0 Å². The molecule has 0 aliphatic heterocycles. The van der Waals surface area contributed by atoms with E-state index >= 15 is 0 Å². The number of aromatic nitrogens is 1. The van der Waals surface area contributed by atoms with Crippen molar-refractivity contribution in [3.8, 4) is 72.4 Å². The minimum absolute atomic E-state index is 0.659. The number of fused-ring (bicyclic) bond motifs is 3. The number of rotatable bonds is 12. The molecule has 11 aromatic carbocycles. The Balaban J connectivity index is 0.000000478. The van der Waals surface area contributed by atoms with Gasteiger partial charge in [0.2, 0.25) is 0 Å². The molecule has 0 saturated carbocycles. The summed E-state index contributed by atoms with van der Waals surface area (Å²) in [7, 11) is 0. The van der Waals surface area contributed by atoms with Crippen molar-refractivity contribution in [2.45, 2.75) is 74.1 Å². The van der Waals surface area contributed by atoms with Crippen molar-refractivity contribution in [3.63, 3.8) is 0 Å². The second kappa shape index (κ2) is 28.2. The van der Waals surface area contributed by atoms with Crippen LogP contribution in [0.1, 0.15) is 83.1 Å². The normalized spacial score (nSPS) is 11.2. The van der Waals surface area contributed by atoms with Gasteiger partial charge < -0.3 is 4.57 Å². The van der Waals surface area contributed by atoms with Crippen LogP contribution in [0.2, 0.25) is 0 Å². The van der Waals surface area contributed by atoms with E-state index in [-0.39, 0.29) is 0 Å². The van der Waals surface area contributed by atoms with E-state index in [0.29, 0.717) is 5.92 Å². The minimum Gasteiger partial charge on any atom is -0.309 e. The Bertz CT molecular complexity index is 4000. The van der Waals surface area contributed by atoms with Gasteiger partial charge in [-0.15, -0.1) is 0 Å². The molecule has 0 amide bonds. The molecule has 1 heteroatoms. The van der Waals surface area contributed by atoms with E-state index in [0.717, 1.165) is 12.8 Å². The third kappa shape index (κ3) is 13.6. The lowest BCUT2D eigenvalue weighted by Gasteiger charge is -2.15. The fourth-order valence-corrected chi connectivity index (χ4v) is 10.8. The van der Waals surface area contributed by atoms with E-state index in [1.807, 2.05) is 45.9 Å². The smallest absolute Gasteiger partial charge is 0.0576 e. The van der Waals surface area contributed by atoms with Crippen molar-refractivity contribution in [2.75, 3.05) is 0 Å². The third-order valence-corrected chi connectivity index (χ3v) is 15.4. The second-order valence-electron chi connectivity index (χ2n) is 20.9. The van der Waals surface area contributed by atoms with Gasteiger partial charge in [-0.3, -0.25) is 0 Å². The number of hydrogen-bond donors (Lipinski definition) is 0. The molecule has 1 heterocycles. The maximum atomic E-state index is 2.46. The highest BCUT2D eigenvalue weighted by Gasteiger charge is 2.18. The fourth-order valence-electron chi connectivity index (χ4n) is 10.8. The second-order valence-corrected chi connectivity index (χ2v) is 20.9. The van der Waals surface area contributed by atoms with Crippen LogP contribution in [0.3, 0.4) is 0 Å². The highest BCUT2D eigenvalue weighted by atomic mass is 15.0. The van der Waals surface area contributed by atoms with E-state index in [1.165, 1.54) is 122 Å². The fraction of sp³-hybridized carbons (Fsp3) is 0.136.